The molecule has 2 heterocycles. The molecule has 1 aromatic rings. The predicted octanol–water partition coefficient (Wildman–Crippen LogP) is 0.346. The number of carboxylic acids is 1. The maximum Gasteiger partial charge on any atom is 0.338 e. The number of amides is 1. The van der Waals surface area contributed by atoms with E-state index in [4.69, 9.17) is 9.52 Å². The lowest BCUT2D eigenvalue weighted by atomic mass is 10.1. The maximum absolute atomic E-state index is 10.9. The average molecular weight is 238 g/mol. The van der Waals surface area contributed by atoms with Crippen LogP contribution in [0.4, 0.5) is 0 Å². The summed E-state index contributed by atoms with van der Waals surface area (Å²) in [5.41, 5.74) is 0.152. The van der Waals surface area contributed by atoms with Crippen molar-refractivity contribution in [1.82, 2.24) is 10.6 Å². The third-order valence-corrected chi connectivity index (χ3v) is 2.73. The molecule has 2 rings (SSSR count). The highest BCUT2D eigenvalue weighted by Gasteiger charge is 2.17. The zero-order valence-corrected chi connectivity index (χ0v) is 9.23. The summed E-state index contributed by atoms with van der Waals surface area (Å²) in [6, 6.07) is 1.71. The third-order valence-electron chi connectivity index (χ3n) is 2.73. The van der Waals surface area contributed by atoms with Gasteiger partial charge in [0.15, 0.2) is 0 Å². The quantitative estimate of drug-likeness (QED) is 0.703. The number of carbonyl (C=O) groups excluding carboxylic acids is 1. The van der Waals surface area contributed by atoms with Crippen LogP contribution in [-0.2, 0) is 11.3 Å². The number of furan rings is 1. The van der Waals surface area contributed by atoms with E-state index in [1.807, 2.05) is 0 Å². The second kappa shape index (κ2) is 5.01. The van der Waals surface area contributed by atoms with Gasteiger partial charge in [-0.3, -0.25) is 4.79 Å². The Morgan fingerprint density at radius 3 is 3.06 bits per heavy atom. The van der Waals surface area contributed by atoms with Gasteiger partial charge < -0.3 is 20.2 Å². The molecule has 1 aliphatic rings. The highest BCUT2D eigenvalue weighted by atomic mass is 16.4. The van der Waals surface area contributed by atoms with E-state index in [2.05, 4.69) is 10.6 Å². The minimum Gasteiger partial charge on any atom is -0.478 e. The van der Waals surface area contributed by atoms with Crippen LogP contribution in [0.25, 0.3) is 0 Å². The van der Waals surface area contributed by atoms with E-state index < -0.39 is 5.97 Å². The summed E-state index contributed by atoms with van der Waals surface area (Å²) in [5.74, 6) is -0.335. The molecule has 0 spiro atoms. The fraction of sp³-hybridized carbons (Fsp3) is 0.455. The summed E-state index contributed by atoms with van der Waals surface area (Å²) in [4.78, 5) is 21.6. The molecule has 0 aliphatic carbocycles. The molecule has 17 heavy (non-hydrogen) atoms. The normalized spacial score (nSPS) is 20.0. The van der Waals surface area contributed by atoms with Gasteiger partial charge in [-0.05, 0) is 12.5 Å². The van der Waals surface area contributed by atoms with Crippen LogP contribution in [0.15, 0.2) is 16.7 Å². The standard InChI is InChI=1S/C11H14N2O4/c14-10-2-1-8(4-13-10)12-5-9-3-7(6-17-9)11(15)16/h3,6,8,12H,1-2,4-5H2,(H,13,14)(H,15,16). The van der Waals surface area contributed by atoms with Crippen molar-refractivity contribution in [2.45, 2.75) is 25.4 Å². The second-order valence-electron chi connectivity index (χ2n) is 4.03. The number of piperidine rings is 1. The predicted molar refractivity (Wildman–Crippen MR) is 58.5 cm³/mol. The molecule has 6 nitrogen and oxygen atoms in total. The van der Waals surface area contributed by atoms with Crippen molar-refractivity contribution in [1.29, 1.82) is 0 Å². The zero-order chi connectivity index (χ0) is 12.3. The molecule has 1 aromatic heterocycles. The summed E-state index contributed by atoms with van der Waals surface area (Å²) < 4.78 is 5.11. The number of carbonyl (C=O) groups is 2. The van der Waals surface area contributed by atoms with E-state index in [0.717, 1.165) is 6.42 Å². The highest BCUT2D eigenvalue weighted by Crippen LogP contribution is 2.09. The monoisotopic (exact) mass is 238 g/mol. The Bertz CT molecular complexity index is 417. The van der Waals surface area contributed by atoms with E-state index in [1.54, 1.807) is 0 Å². The lowest BCUT2D eigenvalue weighted by molar-refractivity contribution is -0.122. The van der Waals surface area contributed by atoms with Crippen molar-refractivity contribution < 1.29 is 19.1 Å². The van der Waals surface area contributed by atoms with Crippen molar-refractivity contribution in [2.24, 2.45) is 0 Å². The van der Waals surface area contributed by atoms with Crippen LogP contribution in [0.1, 0.15) is 29.0 Å². The fourth-order valence-electron chi connectivity index (χ4n) is 1.74. The van der Waals surface area contributed by atoms with Crippen molar-refractivity contribution in [3.8, 4) is 0 Å². The second-order valence-corrected chi connectivity index (χ2v) is 4.03. The van der Waals surface area contributed by atoms with Gasteiger partial charge in [-0.25, -0.2) is 4.79 Å². The number of nitrogens with one attached hydrogen (secondary N) is 2. The van der Waals surface area contributed by atoms with Gasteiger partial charge in [-0.15, -0.1) is 0 Å². The van der Waals surface area contributed by atoms with Gasteiger partial charge in [0.2, 0.25) is 5.91 Å². The Labute approximate surface area is 98.0 Å². The average Bonchev–Trinajstić information content (AvgIpc) is 2.77. The molecule has 0 saturated carbocycles. The van der Waals surface area contributed by atoms with Crippen LogP contribution < -0.4 is 10.6 Å². The van der Waals surface area contributed by atoms with Crippen LogP contribution in [0.5, 0.6) is 0 Å². The van der Waals surface area contributed by atoms with Gasteiger partial charge in [0.1, 0.15) is 12.0 Å². The molecule has 0 radical (unpaired) electrons. The summed E-state index contributed by atoms with van der Waals surface area (Å²) >= 11 is 0. The molecular formula is C11H14N2O4. The smallest absolute Gasteiger partial charge is 0.338 e. The van der Waals surface area contributed by atoms with E-state index in [-0.39, 0.29) is 17.5 Å². The molecule has 0 bridgehead atoms. The van der Waals surface area contributed by atoms with Gasteiger partial charge in [-0.2, -0.15) is 0 Å². The molecule has 0 aromatic carbocycles. The Morgan fingerprint density at radius 2 is 2.47 bits per heavy atom. The largest absolute Gasteiger partial charge is 0.478 e. The SMILES string of the molecule is O=C1CCC(NCc2cc(C(=O)O)co2)CN1. The molecular weight excluding hydrogens is 224 g/mol. The molecule has 1 aliphatic heterocycles. The Balaban J connectivity index is 1.81. The van der Waals surface area contributed by atoms with E-state index in [9.17, 15) is 9.59 Å². The van der Waals surface area contributed by atoms with Crippen LogP contribution in [-0.4, -0.2) is 29.6 Å². The number of rotatable bonds is 4. The lowest BCUT2D eigenvalue weighted by Gasteiger charge is -2.22. The van der Waals surface area contributed by atoms with Gasteiger partial charge >= 0.3 is 5.97 Å². The van der Waals surface area contributed by atoms with E-state index in [1.165, 1.54) is 12.3 Å². The van der Waals surface area contributed by atoms with Crippen molar-refractivity contribution >= 4 is 11.9 Å². The van der Waals surface area contributed by atoms with E-state index in [0.29, 0.717) is 25.3 Å². The van der Waals surface area contributed by atoms with Crippen LogP contribution in [0.2, 0.25) is 0 Å². The number of hydrogen-bond acceptors (Lipinski definition) is 4. The summed E-state index contributed by atoms with van der Waals surface area (Å²) in [7, 11) is 0. The molecule has 1 saturated heterocycles. The van der Waals surface area contributed by atoms with Crippen LogP contribution in [0.3, 0.4) is 0 Å². The first-order valence-corrected chi connectivity index (χ1v) is 5.46. The molecule has 3 N–H and O–H groups in total. The van der Waals surface area contributed by atoms with E-state index >= 15 is 0 Å². The van der Waals surface area contributed by atoms with Gasteiger partial charge in [0.05, 0.1) is 12.1 Å². The molecule has 1 unspecified atom stereocenters. The Kier molecular flexibility index (Phi) is 3.43. The maximum atomic E-state index is 10.9. The first-order valence-electron chi connectivity index (χ1n) is 5.46. The first kappa shape index (κ1) is 11.7. The third kappa shape index (κ3) is 3.07. The number of aromatic carboxylic acids is 1. The zero-order valence-electron chi connectivity index (χ0n) is 9.23. The molecule has 1 fully saturated rings. The topological polar surface area (TPSA) is 91.6 Å². The number of hydrogen-bond donors (Lipinski definition) is 3. The van der Waals surface area contributed by atoms with Crippen molar-refractivity contribution in [3.63, 3.8) is 0 Å². The fourth-order valence-corrected chi connectivity index (χ4v) is 1.74. The lowest BCUT2D eigenvalue weighted by Crippen LogP contribution is -2.45. The minimum absolute atomic E-state index is 0.0780. The minimum atomic E-state index is -0.995. The highest BCUT2D eigenvalue weighted by molar-refractivity contribution is 5.87. The van der Waals surface area contributed by atoms with Crippen LogP contribution >= 0.6 is 0 Å². The summed E-state index contributed by atoms with van der Waals surface area (Å²) in [6.07, 6.45) is 2.54. The van der Waals surface area contributed by atoms with Crippen LogP contribution in [0, 0.1) is 0 Å². The van der Waals surface area contributed by atoms with Crippen molar-refractivity contribution in [3.05, 3.63) is 23.7 Å². The summed E-state index contributed by atoms with van der Waals surface area (Å²) in [5, 5.41) is 14.7. The van der Waals surface area contributed by atoms with Gasteiger partial charge in [0, 0.05) is 19.0 Å². The van der Waals surface area contributed by atoms with Gasteiger partial charge in [0.25, 0.3) is 0 Å². The molecule has 1 amide bonds. The Morgan fingerprint density at radius 1 is 1.65 bits per heavy atom. The Hall–Kier alpha value is -1.82. The summed E-state index contributed by atoms with van der Waals surface area (Å²) in [6.45, 7) is 1.07. The molecule has 92 valence electrons. The molecule has 6 heteroatoms. The van der Waals surface area contributed by atoms with Crippen molar-refractivity contribution in [2.75, 3.05) is 6.54 Å². The first-order chi connectivity index (χ1) is 8.15. The number of carboxylic acid groups (broad SMARTS) is 1. The molecule has 1 atom stereocenters. The van der Waals surface area contributed by atoms with Gasteiger partial charge in [-0.1, -0.05) is 0 Å².